The van der Waals surface area contributed by atoms with E-state index in [1.807, 2.05) is 0 Å². The van der Waals surface area contributed by atoms with Crippen molar-refractivity contribution in [2.45, 2.75) is 52.2 Å². The van der Waals surface area contributed by atoms with Crippen LogP contribution in [0.15, 0.2) is 0 Å². The highest BCUT2D eigenvalue weighted by atomic mass is 16.6. The van der Waals surface area contributed by atoms with Crippen LogP contribution in [0.3, 0.4) is 0 Å². The van der Waals surface area contributed by atoms with Crippen LogP contribution < -0.4 is 0 Å². The van der Waals surface area contributed by atoms with Crippen LogP contribution in [-0.2, 0) is 14.3 Å². The molecular formula is C12H19NO4. The lowest BCUT2D eigenvalue weighted by Crippen LogP contribution is -2.45. The fourth-order valence-electron chi connectivity index (χ4n) is 1.81. The summed E-state index contributed by atoms with van der Waals surface area (Å²) in [6.45, 7) is 7.00. The fraction of sp³-hybridized carbons (Fsp3) is 0.750. The Kier molecular flexibility index (Phi) is 3.91. The number of hydrogen-bond donors (Lipinski definition) is 0. The Hall–Kier alpha value is -1.39. The quantitative estimate of drug-likeness (QED) is 0.688. The van der Waals surface area contributed by atoms with Crippen LogP contribution in [0.4, 0.5) is 4.79 Å². The number of carbonyl (C=O) groups is 3. The normalized spacial score (nSPS) is 20.2. The van der Waals surface area contributed by atoms with Crippen molar-refractivity contribution < 1.29 is 19.1 Å². The number of rotatable bonds is 2. The molecule has 1 heterocycles. The molecule has 0 aromatic heterocycles. The van der Waals surface area contributed by atoms with Crippen LogP contribution in [0.5, 0.6) is 0 Å². The minimum atomic E-state index is -0.637. The van der Waals surface area contributed by atoms with Gasteiger partial charge in [0.05, 0.1) is 0 Å². The fourth-order valence-corrected chi connectivity index (χ4v) is 1.81. The zero-order valence-electron chi connectivity index (χ0n) is 10.8. The van der Waals surface area contributed by atoms with Crippen molar-refractivity contribution in [1.29, 1.82) is 0 Å². The number of amides is 1. The predicted octanol–water partition coefficient (Wildman–Crippen LogP) is 1.54. The van der Waals surface area contributed by atoms with Crippen molar-refractivity contribution in [3.8, 4) is 0 Å². The summed E-state index contributed by atoms with van der Waals surface area (Å²) in [5.41, 5.74) is -0.594. The molecule has 1 saturated heterocycles. The van der Waals surface area contributed by atoms with Gasteiger partial charge in [-0.1, -0.05) is 0 Å². The SMILES string of the molecule is CC(=O)C(=O)C1CCCN1C(=O)OC(C)(C)C. The summed E-state index contributed by atoms with van der Waals surface area (Å²) >= 11 is 0. The van der Waals surface area contributed by atoms with E-state index in [0.29, 0.717) is 13.0 Å². The van der Waals surface area contributed by atoms with Crippen molar-refractivity contribution in [3.05, 3.63) is 0 Å². The molecule has 0 aromatic rings. The summed E-state index contributed by atoms with van der Waals surface area (Å²) in [6, 6.07) is -0.637. The van der Waals surface area contributed by atoms with Crippen LogP contribution >= 0.6 is 0 Å². The van der Waals surface area contributed by atoms with Crippen LogP contribution in [0.1, 0.15) is 40.5 Å². The van der Waals surface area contributed by atoms with Gasteiger partial charge in [0.25, 0.3) is 0 Å². The maximum atomic E-state index is 11.8. The van der Waals surface area contributed by atoms with E-state index in [4.69, 9.17) is 4.74 Å². The second kappa shape index (κ2) is 4.85. The molecule has 1 unspecified atom stereocenters. The van der Waals surface area contributed by atoms with Crippen LogP contribution in [0.2, 0.25) is 0 Å². The van der Waals surface area contributed by atoms with Gasteiger partial charge in [0.15, 0.2) is 5.78 Å². The molecule has 1 aliphatic heterocycles. The molecule has 1 atom stereocenters. The Bertz CT molecular complexity index is 343. The maximum Gasteiger partial charge on any atom is 0.410 e. The molecule has 0 N–H and O–H groups in total. The summed E-state index contributed by atoms with van der Waals surface area (Å²) in [4.78, 5) is 35.9. The van der Waals surface area contributed by atoms with Gasteiger partial charge in [0.2, 0.25) is 5.78 Å². The molecule has 0 spiro atoms. The van der Waals surface area contributed by atoms with Crippen molar-refractivity contribution in [2.24, 2.45) is 0 Å². The van der Waals surface area contributed by atoms with E-state index in [1.165, 1.54) is 11.8 Å². The first kappa shape index (κ1) is 13.7. The zero-order chi connectivity index (χ0) is 13.2. The summed E-state index contributed by atoms with van der Waals surface area (Å²) in [6.07, 6.45) is 0.746. The van der Waals surface area contributed by atoms with Crippen molar-refractivity contribution >= 4 is 17.7 Å². The molecule has 17 heavy (non-hydrogen) atoms. The van der Waals surface area contributed by atoms with E-state index in [1.54, 1.807) is 20.8 Å². The van der Waals surface area contributed by atoms with Crippen LogP contribution in [-0.4, -0.2) is 40.7 Å². The van der Waals surface area contributed by atoms with Gasteiger partial charge in [-0.2, -0.15) is 0 Å². The van der Waals surface area contributed by atoms with Gasteiger partial charge in [-0.05, 0) is 33.6 Å². The molecule has 1 rings (SSSR count). The van der Waals surface area contributed by atoms with Crippen molar-refractivity contribution in [1.82, 2.24) is 4.90 Å². The lowest BCUT2D eigenvalue weighted by molar-refractivity contribution is -0.137. The molecule has 0 radical (unpaired) electrons. The van der Waals surface area contributed by atoms with Gasteiger partial charge >= 0.3 is 6.09 Å². The maximum absolute atomic E-state index is 11.8. The minimum absolute atomic E-state index is 0.471. The Labute approximate surface area is 101 Å². The Morgan fingerprint density at radius 2 is 1.82 bits per heavy atom. The second-order valence-electron chi connectivity index (χ2n) is 5.25. The third-order valence-electron chi connectivity index (χ3n) is 2.53. The average Bonchev–Trinajstić information content (AvgIpc) is 2.61. The topological polar surface area (TPSA) is 63.7 Å². The van der Waals surface area contributed by atoms with E-state index in [9.17, 15) is 14.4 Å². The minimum Gasteiger partial charge on any atom is -0.444 e. The third kappa shape index (κ3) is 3.54. The number of Topliss-reactive ketones (excluding diaryl/α,β-unsaturated/α-hetero) is 2. The van der Waals surface area contributed by atoms with Gasteiger partial charge in [-0.25, -0.2) is 4.79 Å². The lowest BCUT2D eigenvalue weighted by Gasteiger charge is -2.27. The Balaban J connectivity index is 2.73. The smallest absolute Gasteiger partial charge is 0.410 e. The Morgan fingerprint density at radius 3 is 2.29 bits per heavy atom. The van der Waals surface area contributed by atoms with E-state index in [0.717, 1.165) is 6.42 Å². The van der Waals surface area contributed by atoms with E-state index in [2.05, 4.69) is 0 Å². The average molecular weight is 241 g/mol. The molecule has 5 heteroatoms. The first-order valence-corrected chi connectivity index (χ1v) is 5.77. The highest BCUT2D eigenvalue weighted by Crippen LogP contribution is 2.21. The van der Waals surface area contributed by atoms with Crippen molar-refractivity contribution in [2.75, 3.05) is 6.54 Å². The van der Waals surface area contributed by atoms with Crippen LogP contribution in [0.25, 0.3) is 0 Å². The number of ether oxygens (including phenoxy) is 1. The molecule has 1 fully saturated rings. The molecular weight excluding hydrogens is 222 g/mol. The van der Waals surface area contributed by atoms with Gasteiger partial charge in [-0.15, -0.1) is 0 Å². The predicted molar refractivity (Wildman–Crippen MR) is 61.7 cm³/mol. The molecule has 0 saturated carbocycles. The first-order valence-electron chi connectivity index (χ1n) is 5.77. The first-order chi connectivity index (χ1) is 7.72. The van der Waals surface area contributed by atoms with E-state index >= 15 is 0 Å². The highest BCUT2D eigenvalue weighted by molar-refractivity contribution is 6.38. The highest BCUT2D eigenvalue weighted by Gasteiger charge is 2.37. The molecule has 0 aromatic carbocycles. The lowest BCUT2D eigenvalue weighted by atomic mass is 10.1. The van der Waals surface area contributed by atoms with Gasteiger partial charge < -0.3 is 4.74 Å². The summed E-state index contributed by atoms with van der Waals surface area (Å²) in [7, 11) is 0. The molecule has 1 amide bonds. The second-order valence-corrected chi connectivity index (χ2v) is 5.25. The number of ketones is 2. The summed E-state index contributed by atoms with van der Waals surface area (Å²) in [5, 5.41) is 0. The zero-order valence-corrected chi connectivity index (χ0v) is 10.8. The molecule has 96 valence electrons. The molecule has 0 aliphatic carbocycles. The third-order valence-corrected chi connectivity index (χ3v) is 2.53. The van der Waals surface area contributed by atoms with Crippen LogP contribution in [0, 0.1) is 0 Å². The number of hydrogen-bond acceptors (Lipinski definition) is 4. The largest absolute Gasteiger partial charge is 0.444 e. The van der Waals surface area contributed by atoms with Gasteiger partial charge in [0, 0.05) is 13.5 Å². The van der Waals surface area contributed by atoms with Gasteiger partial charge in [-0.3, -0.25) is 14.5 Å². The number of carbonyl (C=O) groups excluding carboxylic acids is 3. The van der Waals surface area contributed by atoms with Gasteiger partial charge in [0.1, 0.15) is 11.6 Å². The summed E-state index contributed by atoms with van der Waals surface area (Å²) < 4.78 is 5.21. The summed E-state index contributed by atoms with van der Waals surface area (Å²) in [5.74, 6) is -1.01. The van der Waals surface area contributed by atoms with E-state index in [-0.39, 0.29) is 0 Å². The molecule has 1 aliphatic rings. The number of nitrogens with zero attached hydrogens (tertiary/aromatic N) is 1. The monoisotopic (exact) mass is 241 g/mol. The Morgan fingerprint density at radius 1 is 1.24 bits per heavy atom. The van der Waals surface area contributed by atoms with E-state index < -0.39 is 29.3 Å². The number of likely N-dealkylation sites (tertiary alicyclic amines) is 1. The standard InChI is InChI=1S/C12H19NO4/c1-8(14)10(15)9-6-5-7-13(9)11(16)17-12(2,3)4/h9H,5-7H2,1-4H3. The van der Waals surface area contributed by atoms with Crippen molar-refractivity contribution in [3.63, 3.8) is 0 Å². The molecule has 5 nitrogen and oxygen atoms in total. The molecule has 0 bridgehead atoms.